The summed E-state index contributed by atoms with van der Waals surface area (Å²) in [5.74, 6) is 1.46. The van der Waals surface area contributed by atoms with Crippen LogP contribution in [0.1, 0.15) is 41.3 Å². The molecule has 8 heteroatoms. The van der Waals surface area contributed by atoms with Crippen molar-refractivity contribution in [3.05, 3.63) is 53.1 Å². The van der Waals surface area contributed by atoms with Crippen LogP contribution >= 0.6 is 0 Å². The van der Waals surface area contributed by atoms with Gasteiger partial charge in [-0.15, -0.1) is 0 Å². The van der Waals surface area contributed by atoms with Crippen LogP contribution in [0.2, 0.25) is 0 Å². The lowest BCUT2D eigenvalue weighted by atomic mass is 10.1. The third kappa shape index (κ3) is 5.12. The second-order valence-corrected chi connectivity index (χ2v) is 8.17. The molecule has 0 aromatic heterocycles. The number of carbonyl (C=O) groups is 2. The smallest absolute Gasteiger partial charge is 0.256 e. The third-order valence-electron chi connectivity index (χ3n) is 5.82. The predicted octanol–water partition coefficient (Wildman–Crippen LogP) is 3.57. The van der Waals surface area contributed by atoms with Crippen LogP contribution in [0.25, 0.3) is 6.08 Å². The lowest BCUT2D eigenvalue weighted by molar-refractivity contribution is -0.112. The summed E-state index contributed by atoms with van der Waals surface area (Å²) in [7, 11) is 1.55. The topological polar surface area (TPSA) is 97.7 Å². The highest BCUT2D eigenvalue weighted by Gasteiger charge is 2.32. The van der Waals surface area contributed by atoms with Gasteiger partial charge in [0.25, 0.3) is 5.91 Å². The minimum Gasteiger partial charge on any atom is -0.493 e. The first-order chi connectivity index (χ1) is 16.5. The van der Waals surface area contributed by atoms with Gasteiger partial charge in [0.15, 0.2) is 17.3 Å². The van der Waals surface area contributed by atoms with E-state index in [4.69, 9.17) is 14.2 Å². The van der Waals surface area contributed by atoms with Gasteiger partial charge in [-0.1, -0.05) is 12.1 Å². The van der Waals surface area contributed by atoms with E-state index >= 15 is 0 Å². The average Bonchev–Trinajstić information content (AvgIpc) is 3.27. The van der Waals surface area contributed by atoms with Gasteiger partial charge in [0.1, 0.15) is 19.0 Å². The molecular formula is C26H28N2O6. The Morgan fingerprint density at radius 3 is 2.71 bits per heavy atom. The molecule has 1 amide bonds. The molecule has 0 unspecified atom stereocenters. The second-order valence-electron chi connectivity index (χ2n) is 8.17. The van der Waals surface area contributed by atoms with Gasteiger partial charge in [0.05, 0.1) is 31.0 Å². The molecule has 0 bridgehead atoms. The highest BCUT2D eigenvalue weighted by atomic mass is 16.5. The normalized spacial score (nSPS) is 16.9. The minimum absolute atomic E-state index is 0.0227. The standard InChI is InChI=1S/C26H28N2O6/c1-17(30)5-6-18-7-8-23(25(12-18)32-2)33-10-11-34-24-14-22-21(13-19(24)16-29)26(31)28-9-3-4-20(28)15-27-22/h5-8,12-15,20,29H,3-4,9-11,16H2,1-2H3/t20-/m1/s1. The van der Waals surface area contributed by atoms with Crippen LogP contribution in [0.4, 0.5) is 5.69 Å². The summed E-state index contributed by atoms with van der Waals surface area (Å²) in [4.78, 5) is 30.4. The molecule has 1 N–H and O–H groups in total. The number of carbonyl (C=O) groups excluding carboxylic acids is 2. The number of aliphatic hydroxyl groups excluding tert-OH is 1. The molecule has 34 heavy (non-hydrogen) atoms. The Labute approximate surface area is 198 Å². The molecular weight excluding hydrogens is 436 g/mol. The molecule has 8 nitrogen and oxygen atoms in total. The molecule has 2 aliphatic heterocycles. The van der Waals surface area contributed by atoms with Crippen LogP contribution in [0.3, 0.4) is 0 Å². The minimum atomic E-state index is -0.257. The quantitative estimate of drug-likeness (QED) is 0.450. The number of aliphatic hydroxyl groups is 1. The van der Waals surface area contributed by atoms with Gasteiger partial charge < -0.3 is 24.2 Å². The summed E-state index contributed by atoms with van der Waals surface area (Å²) in [5.41, 5.74) is 2.38. The SMILES string of the molecule is COc1cc(C=CC(C)=O)ccc1OCCOc1cc2c(cc1CO)C(=O)N1CCC[C@@H]1C=N2. The van der Waals surface area contributed by atoms with Crippen molar-refractivity contribution in [3.63, 3.8) is 0 Å². The molecule has 1 saturated heterocycles. The van der Waals surface area contributed by atoms with Crippen LogP contribution in [0.5, 0.6) is 17.2 Å². The lowest BCUT2D eigenvalue weighted by Gasteiger charge is -2.20. The van der Waals surface area contributed by atoms with Crippen LogP contribution in [0, 0.1) is 0 Å². The van der Waals surface area contributed by atoms with Crippen molar-refractivity contribution in [2.75, 3.05) is 26.9 Å². The van der Waals surface area contributed by atoms with Gasteiger partial charge in [-0.3, -0.25) is 14.6 Å². The van der Waals surface area contributed by atoms with Crippen molar-refractivity contribution in [2.45, 2.75) is 32.4 Å². The first-order valence-corrected chi connectivity index (χ1v) is 11.3. The molecule has 2 heterocycles. The largest absolute Gasteiger partial charge is 0.493 e. The zero-order valence-corrected chi connectivity index (χ0v) is 19.3. The summed E-state index contributed by atoms with van der Waals surface area (Å²) in [6.45, 7) is 2.40. The zero-order valence-electron chi connectivity index (χ0n) is 19.3. The molecule has 2 aliphatic rings. The van der Waals surface area contributed by atoms with Crippen molar-refractivity contribution < 1.29 is 28.9 Å². The Hall–Kier alpha value is -3.65. The summed E-state index contributed by atoms with van der Waals surface area (Å²) in [6, 6.07) is 8.78. The van der Waals surface area contributed by atoms with Crippen molar-refractivity contribution in [1.82, 2.24) is 4.90 Å². The maximum atomic E-state index is 12.9. The van der Waals surface area contributed by atoms with E-state index < -0.39 is 0 Å². The molecule has 0 aliphatic carbocycles. The van der Waals surface area contributed by atoms with Crippen LogP contribution in [-0.2, 0) is 11.4 Å². The van der Waals surface area contributed by atoms with Gasteiger partial charge in [-0.25, -0.2) is 0 Å². The van der Waals surface area contributed by atoms with Gasteiger partial charge >= 0.3 is 0 Å². The number of amides is 1. The predicted molar refractivity (Wildman–Crippen MR) is 128 cm³/mol. The van der Waals surface area contributed by atoms with E-state index in [1.54, 1.807) is 37.5 Å². The Kier molecular flexibility index (Phi) is 7.27. The van der Waals surface area contributed by atoms with Gasteiger partial charge in [0, 0.05) is 24.4 Å². The van der Waals surface area contributed by atoms with Crippen molar-refractivity contribution in [2.24, 2.45) is 4.99 Å². The number of hydrogen-bond acceptors (Lipinski definition) is 7. The number of benzene rings is 2. The van der Waals surface area contributed by atoms with Crippen LogP contribution in [-0.4, -0.2) is 60.8 Å². The highest BCUT2D eigenvalue weighted by Crippen LogP contribution is 2.34. The molecule has 2 aromatic carbocycles. The Bertz CT molecular complexity index is 1140. The summed E-state index contributed by atoms with van der Waals surface area (Å²) < 4.78 is 17.1. The van der Waals surface area contributed by atoms with Crippen molar-refractivity contribution in [1.29, 1.82) is 0 Å². The fraction of sp³-hybridized carbons (Fsp3) is 0.346. The molecule has 0 radical (unpaired) electrons. The fourth-order valence-electron chi connectivity index (χ4n) is 4.09. The molecule has 178 valence electrons. The molecule has 0 spiro atoms. The van der Waals surface area contributed by atoms with E-state index in [2.05, 4.69) is 4.99 Å². The van der Waals surface area contributed by atoms with E-state index in [0.29, 0.717) is 34.1 Å². The second kappa shape index (κ2) is 10.5. The Morgan fingerprint density at radius 1 is 1.18 bits per heavy atom. The number of hydrogen-bond donors (Lipinski definition) is 1. The third-order valence-corrected chi connectivity index (χ3v) is 5.82. The molecule has 1 fully saturated rings. The Balaban J connectivity index is 1.42. The lowest BCUT2D eigenvalue weighted by Crippen LogP contribution is -2.35. The van der Waals surface area contributed by atoms with E-state index in [0.717, 1.165) is 24.9 Å². The number of methoxy groups -OCH3 is 1. The summed E-state index contributed by atoms with van der Waals surface area (Å²) in [6.07, 6.45) is 6.90. The van der Waals surface area contributed by atoms with Crippen molar-refractivity contribution in [3.8, 4) is 17.2 Å². The van der Waals surface area contributed by atoms with Gasteiger partial charge in [-0.2, -0.15) is 0 Å². The van der Waals surface area contributed by atoms with E-state index in [-0.39, 0.29) is 37.6 Å². The number of rotatable bonds is 9. The van der Waals surface area contributed by atoms with E-state index in [9.17, 15) is 14.7 Å². The number of aliphatic imine (C=N–C) groups is 1. The van der Waals surface area contributed by atoms with Gasteiger partial charge in [0.2, 0.25) is 0 Å². The average molecular weight is 465 g/mol. The number of ketones is 1. The molecule has 1 atom stereocenters. The van der Waals surface area contributed by atoms with Crippen LogP contribution < -0.4 is 14.2 Å². The van der Waals surface area contributed by atoms with Crippen LogP contribution in [0.15, 0.2) is 41.4 Å². The van der Waals surface area contributed by atoms with E-state index in [1.807, 2.05) is 17.2 Å². The van der Waals surface area contributed by atoms with E-state index in [1.165, 1.54) is 13.0 Å². The van der Waals surface area contributed by atoms with Gasteiger partial charge in [-0.05, 0) is 49.6 Å². The first-order valence-electron chi connectivity index (χ1n) is 11.3. The number of allylic oxidation sites excluding steroid dienone is 1. The summed E-state index contributed by atoms with van der Waals surface area (Å²) in [5, 5.41) is 9.85. The number of fused-ring (bicyclic) bond motifs is 2. The monoisotopic (exact) mass is 464 g/mol. The first kappa shape index (κ1) is 23.5. The fourth-order valence-corrected chi connectivity index (χ4v) is 4.09. The zero-order chi connectivity index (χ0) is 24.1. The van der Waals surface area contributed by atoms with Crippen molar-refractivity contribution >= 4 is 29.7 Å². The maximum absolute atomic E-state index is 12.9. The Morgan fingerprint density at radius 2 is 1.97 bits per heavy atom. The maximum Gasteiger partial charge on any atom is 0.256 e. The molecule has 0 saturated carbocycles. The highest BCUT2D eigenvalue weighted by molar-refractivity contribution is 6.03. The molecule has 2 aromatic rings. The summed E-state index contributed by atoms with van der Waals surface area (Å²) >= 11 is 0. The molecule has 4 rings (SSSR count). The number of ether oxygens (including phenoxy) is 3. The number of nitrogens with zero attached hydrogens (tertiary/aromatic N) is 2.